The lowest BCUT2D eigenvalue weighted by Crippen LogP contribution is -2.39. The molecule has 2 nitrogen and oxygen atoms in total. The molecular weight excluding hydrogens is 305 g/mol. The lowest BCUT2D eigenvalue weighted by Gasteiger charge is -2.33. The zero-order valence-electron chi connectivity index (χ0n) is 12.4. The third kappa shape index (κ3) is 2.20. The van der Waals surface area contributed by atoms with Crippen molar-refractivity contribution < 1.29 is 4.79 Å². The van der Waals surface area contributed by atoms with Crippen LogP contribution < -0.4 is 5.32 Å². The first-order valence-corrected chi connectivity index (χ1v) is 7.95. The molecule has 1 saturated carbocycles. The fourth-order valence-electron chi connectivity index (χ4n) is 4.00. The van der Waals surface area contributed by atoms with Gasteiger partial charge < -0.3 is 5.32 Å². The van der Waals surface area contributed by atoms with Crippen LogP contribution in [-0.4, -0.2) is 5.91 Å². The smallest absolute Gasteiger partial charge is 0.230 e. The molecule has 0 saturated heterocycles. The van der Waals surface area contributed by atoms with Gasteiger partial charge in [-0.05, 0) is 41.9 Å². The van der Waals surface area contributed by atoms with Crippen LogP contribution in [0, 0.1) is 22.7 Å². The van der Waals surface area contributed by atoms with E-state index in [-0.39, 0.29) is 22.7 Å². The van der Waals surface area contributed by atoms with E-state index in [1.165, 1.54) is 0 Å². The molecule has 1 aromatic rings. The molecule has 0 aromatic heterocycles. The number of nitrogens with one attached hydrogen (secondary N) is 1. The zero-order valence-corrected chi connectivity index (χ0v) is 13.9. The van der Waals surface area contributed by atoms with Gasteiger partial charge in [-0.15, -0.1) is 0 Å². The molecule has 0 spiro atoms. The molecule has 2 aliphatic carbocycles. The number of fused-ring (bicyclic) bond motifs is 2. The van der Waals surface area contributed by atoms with Crippen molar-refractivity contribution in [1.82, 2.24) is 0 Å². The van der Waals surface area contributed by atoms with E-state index in [0.29, 0.717) is 21.7 Å². The number of allylic oxidation sites excluding steroid dienone is 2. The second-order valence-corrected chi connectivity index (χ2v) is 7.81. The van der Waals surface area contributed by atoms with Crippen molar-refractivity contribution in [2.75, 3.05) is 5.32 Å². The predicted molar refractivity (Wildman–Crippen MR) is 87.7 cm³/mol. The van der Waals surface area contributed by atoms with Gasteiger partial charge in [-0.25, -0.2) is 0 Å². The Morgan fingerprint density at radius 1 is 1.19 bits per heavy atom. The summed E-state index contributed by atoms with van der Waals surface area (Å²) in [5, 5.41) is 3.94. The van der Waals surface area contributed by atoms with Crippen LogP contribution in [0.15, 0.2) is 30.4 Å². The van der Waals surface area contributed by atoms with E-state index in [1.807, 2.05) is 0 Å². The van der Waals surface area contributed by atoms with Crippen molar-refractivity contribution >= 4 is 34.8 Å². The molecule has 2 aliphatic rings. The molecule has 0 aliphatic heterocycles. The molecule has 4 heteroatoms. The van der Waals surface area contributed by atoms with Gasteiger partial charge in [0.15, 0.2) is 0 Å². The molecule has 0 radical (unpaired) electrons. The lowest BCUT2D eigenvalue weighted by atomic mass is 9.72. The van der Waals surface area contributed by atoms with E-state index in [1.54, 1.807) is 18.2 Å². The number of rotatable bonds is 2. The maximum atomic E-state index is 12.8. The van der Waals surface area contributed by atoms with E-state index in [0.717, 1.165) is 6.42 Å². The van der Waals surface area contributed by atoms with Gasteiger partial charge in [0, 0.05) is 5.69 Å². The summed E-state index contributed by atoms with van der Waals surface area (Å²) < 4.78 is 0. The van der Waals surface area contributed by atoms with Gasteiger partial charge in [-0.1, -0.05) is 56.1 Å². The van der Waals surface area contributed by atoms with Gasteiger partial charge >= 0.3 is 0 Å². The van der Waals surface area contributed by atoms with Crippen molar-refractivity contribution in [3.63, 3.8) is 0 Å². The Morgan fingerprint density at radius 2 is 1.90 bits per heavy atom. The van der Waals surface area contributed by atoms with Crippen molar-refractivity contribution in [3.05, 3.63) is 40.4 Å². The Balaban J connectivity index is 1.83. The summed E-state index contributed by atoms with van der Waals surface area (Å²) in [4.78, 5) is 12.8. The fourth-order valence-corrected chi connectivity index (χ4v) is 4.30. The minimum atomic E-state index is -0.366. The Bertz CT molecular complexity index is 638. The molecular formula is C17H19Cl2NO. The average molecular weight is 324 g/mol. The van der Waals surface area contributed by atoms with Crippen LogP contribution >= 0.6 is 23.2 Å². The monoisotopic (exact) mass is 323 g/mol. The van der Waals surface area contributed by atoms with E-state index >= 15 is 0 Å². The average Bonchev–Trinajstić information content (AvgIpc) is 2.80. The number of carbonyl (C=O) groups is 1. The summed E-state index contributed by atoms with van der Waals surface area (Å²) in [5.41, 5.74) is 0.485. The molecule has 1 aromatic carbocycles. The number of anilines is 1. The summed E-state index contributed by atoms with van der Waals surface area (Å²) in [7, 11) is 0. The number of carbonyl (C=O) groups excluding carboxylic acids is 1. The van der Waals surface area contributed by atoms with Crippen LogP contribution in [-0.2, 0) is 4.79 Å². The largest absolute Gasteiger partial charge is 0.326 e. The first-order valence-electron chi connectivity index (χ1n) is 7.20. The Labute approximate surface area is 135 Å². The molecule has 2 bridgehead atoms. The van der Waals surface area contributed by atoms with Crippen LogP contribution in [0.25, 0.3) is 0 Å². The molecule has 1 amide bonds. The molecule has 21 heavy (non-hydrogen) atoms. The summed E-state index contributed by atoms with van der Waals surface area (Å²) in [5.74, 6) is 0.815. The number of hydrogen-bond acceptors (Lipinski definition) is 1. The normalized spacial score (nSPS) is 32.4. The maximum absolute atomic E-state index is 12.8. The molecule has 3 rings (SSSR count). The van der Waals surface area contributed by atoms with Gasteiger partial charge in [-0.3, -0.25) is 4.79 Å². The SMILES string of the molecule is CC1(C)[C@@H]2C=C[C@H]1[C@@](C)(C(=O)Nc1ccc(Cl)c(Cl)c1)C2. The Kier molecular flexibility index (Phi) is 3.38. The Hall–Kier alpha value is -0.990. The van der Waals surface area contributed by atoms with Crippen LogP contribution in [0.5, 0.6) is 0 Å². The van der Waals surface area contributed by atoms with Gasteiger partial charge in [0.25, 0.3) is 0 Å². The lowest BCUT2D eigenvalue weighted by molar-refractivity contribution is -0.126. The van der Waals surface area contributed by atoms with Crippen LogP contribution in [0.2, 0.25) is 10.0 Å². The third-order valence-corrected chi connectivity index (χ3v) is 6.06. The summed E-state index contributed by atoms with van der Waals surface area (Å²) in [6.07, 6.45) is 5.37. The summed E-state index contributed by atoms with van der Waals surface area (Å²) in [6, 6.07) is 5.18. The molecule has 0 unspecified atom stereocenters. The fraction of sp³-hybridized carbons (Fsp3) is 0.471. The van der Waals surface area contributed by atoms with Gasteiger partial charge in [0.05, 0.1) is 15.5 Å². The topological polar surface area (TPSA) is 29.1 Å². The minimum absolute atomic E-state index is 0.0609. The van der Waals surface area contributed by atoms with E-state index < -0.39 is 0 Å². The van der Waals surface area contributed by atoms with Crippen LogP contribution in [0.3, 0.4) is 0 Å². The first kappa shape index (κ1) is 14.9. The highest BCUT2D eigenvalue weighted by Crippen LogP contribution is 2.62. The molecule has 0 heterocycles. The van der Waals surface area contributed by atoms with Crippen molar-refractivity contribution in [2.24, 2.45) is 22.7 Å². The highest BCUT2D eigenvalue weighted by Gasteiger charge is 2.59. The van der Waals surface area contributed by atoms with E-state index in [2.05, 4.69) is 38.2 Å². The first-order chi connectivity index (χ1) is 9.75. The second-order valence-electron chi connectivity index (χ2n) is 7.00. The van der Waals surface area contributed by atoms with Crippen molar-refractivity contribution in [3.8, 4) is 0 Å². The van der Waals surface area contributed by atoms with Crippen LogP contribution in [0.4, 0.5) is 5.69 Å². The van der Waals surface area contributed by atoms with Gasteiger partial charge in [0.2, 0.25) is 5.91 Å². The predicted octanol–water partition coefficient (Wildman–Crippen LogP) is 5.17. The zero-order chi connectivity index (χ0) is 15.4. The number of benzene rings is 1. The highest BCUT2D eigenvalue weighted by molar-refractivity contribution is 6.42. The summed E-state index contributed by atoms with van der Waals surface area (Å²) >= 11 is 11.9. The number of amides is 1. The maximum Gasteiger partial charge on any atom is 0.230 e. The number of hydrogen-bond donors (Lipinski definition) is 1. The quantitative estimate of drug-likeness (QED) is 0.747. The van der Waals surface area contributed by atoms with Crippen molar-refractivity contribution in [2.45, 2.75) is 27.2 Å². The highest BCUT2D eigenvalue weighted by atomic mass is 35.5. The molecule has 112 valence electrons. The molecule has 3 atom stereocenters. The van der Waals surface area contributed by atoms with Gasteiger partial charge in [-0.2, -0.15) is 0 Å². The Morgan fingerprint density at radius 3 is 2.43 bits per heavy atom. The third-order valence-electron chi connectivity index (χ3n) is 5.32. The molecule has 1 N–H and O–H groups in total. The second kappa shape index (κ2) is 4.76. The number of halogens is 2. The van der Waals surface area contributed by atoms with Gasteiger partial charge in [0.1, 0.15) is 0 Å². The minimum Gasteiger partial charge on any atom is -0.326 e. The molecule has 1 fully saturated rings. The summed E-state index contributed by atoms with van der Waals surface area (Å²) in [6.45, 7) is 6.57. The van der Waals surface area contributed by atoms with Crippen molar-refractivity contribution in [1.29, 1.82) is 0 Å². The van der Waals surface area contributed by atoms with E-state index in [4.69, 9.17) is 23.2 Å². The van der Waals surface area contributed by atoms with E-state index in [9.17, 15) is 4.79 Å². The van der Waals surface area contributed by atoms with Crippen LogP contribution in [0.1, 0.15) is 27.2 Å². The standard InChI is InChI=1S/C17H19Cl2NO/c1-16(2)10-4-7-14(16)17(3,9-10)15(21)20-11-5-6-12(18)13(19)8-11/h4-8,10,14H,9H2,1-3H3,(H,20,21)/t10-,14-,17+/m1/s1.